The van der Waals surface area contributed by atoms with Crippen LogP contribution in [0.1, 0.15) is 30.9 Å². The van der Waals surface area contributed by atoms with Gasteiger partial charge in [0.15, 0.2) is 11.5 Å². The summed E-state index contributed by atoms with van der Waals surface area (Å²) in [6.07, 6.45) is 4.91. The van der Waals surface area contributed by atoms with Crippen molar-refractivity contribution in [3.8, 4) is 22.6 Å². The molecule has 1 amide bonds. The first kappa shape index (κ1) is 25.1. The quantitative estimate of drug-likeness (QED) is 0.191. The van der Waals surface area contributed by atoms with Gasteiger partial charge in [-0.2, -0.15) is 5.10 Å². The number of aryl methyl sites for hydroxylation is 1. The highest BCUT2D eigenvalue weighted by molar-refractivity contribution is 7.17. The van der Waals surface area contributed by atoms with Crippen LogP contribution in [-0.4, -0.2) is 35.4 Å². The van der Waals surface area contributed by atoms with Gasteiger partial charge in [-0.25, -0.2) is 10.4 Å². The van der Waals surface area contributed by atoms with Gasteiger partial charge in [0.1, 0.15) is 11.4 Å². The fraction of sp³-hybridized carbons (Fsp3) is 0.259. The molecule has 4 aromatic rings. The van der Waals surface area contributed by atoms with Crippen LogP contribution < -0.4 is 20.5 Å². The van der Waals surface area contributed by atoms with E-state index in [4.69, 9.17) is 9.47 Å². The number of hydrazone groups is 1. The number of fused-ring (bicyclic) bond motifs is 1. The number of carbonyl (C=O) groups excluding carboxylic acids is 1. The SMILES string of the molecule is CCCCOc1ccc(/C=N/NC(=O)Cn2cnc3scc(-c4ccc(C)cc4)c3c2=O)cc1OC. The van der Waals surface area contributed by atoms with Crippen LogP contribution in [0.3, 0.4) is 0 Å². The molecule has 186 valence electrons. The largest absolute Gasteiger partial charge is 0.493 e. The molecule has 1 N–H and O–H groups in total. The Kier molecular flexibility index (Phi) is 8.12. The Hall–Kier alpha value is -3.98. The topological polar surface area (TPSA) is 94.8 Å². The molecule has 0 saturated heterocycles. The van der Waals surface area contributed by atoms with E-state index in [0.29, 0.717) is 28.3 Å². The molecule has 2 aromatic heterocycles. The molecule has 36 heavy (non-hydrogen) atoms. The van der Waals surface area contributed by atoms with Gasteiger partial charge < -0.3 is 9.47 Å². The van der Waals surface area contributed by atoms with E-state index >= 15 is 0 Å². The van der Waals surface area contributed by atoms with Gasteiger partial charge in [0.25, 0.3) is 11.5 Å². The van der Waals surface area contributed by atoms with Crippen LogP contribution in [0.5, 0.6) is 11.5 Å². The summed E-state index contributed by atoms with van der Waals surface area (Å²) >= 11 is 1.41. The summed E-state index contributed by atoms with van der Waals surface area (Å²) in [7, 11) is 1.57. The minimum absolute atomic E-state index is 0.199. The number of nitrogens with one attached hydrogen (secondary N) is 1. The third-order valence-electron chi connectivity index (χ3n) is 5.58. The zero-order chi connectivity index (χ0) is 25.5. The van der Waals surface area contributed by atoms with Crippen molar-refractivity contribution in [1.29, 1.82) is 0 Å². The fourth-order valence-electron chi connectivity index (χ4n) is 3.60. The molecule has 0 fully saturated rings. The molecule has 2 heterocycles. The third kappa shape index (κ3) is 5.80. The lowest BCUT2D eigenvalue weighted by atomic mass is 10.1. The number of carbonyl (C=O) groups is 1. The van der Waals surface area contributed by atoms with E-state index in [2.05, 4.69) is 22.4 Å². The number of amides is 1. The van der Waals surface area contributed by atoms with Gasteiger partial charge in [-0.15, -0.1) is 11.3 Å². The minimum Gasteiger partial charge on any atom is -0.493 e. The van der Waals surface area contributed by atoms with Crippen molar-refractivity contribution in [1.82, 2.24) is 15.0 Å². The first-order chi connectivity index (χ1) is 17.5. The predicted octanol–water partition coefficient (Wildman–Crippen LogP) is 4.77. The molecule has 0 aliphatic rings. The van der Waals surface area contributed by atoms with E-state index in [-0.39, 0.29) is 12.1 Å². The van der Waals surface area contributed by atoms with E-state index < -0.39 is 5.91 Å². The number of hydrogen-bond acceptors (Lipinski definition) is 7. The highest BCUT2D eigenvalue weighted by Crippen LogP contribution is 2.31. The molecule has 2 aromatic carbocycles. The molecule has 0 unspecified atom stereocenters. The number of ether oxygens (including phenoxy) is 2. The van der Waals surface area contributed by atoms with E-state index in [1.54, 1.807) is 13.2 Å². The number of unbranched alkanes of at least 4 members (excludes halogenated alkanes) is 1. The Morgan fingerprint density at radius 2 is 2.00 bits per heavy atom. The molecular weight excluding hydrogens is 476 g/mol. The van der Waals surface area contributed by atoms with E-state index in [0.717, 1.165) is 35.1 Å². The third-order valence-corrected chi connectivity index (χ3v) is 6.47. The highest BCUT2D eigenvalue weighted by atomic mass is 32.1. The Morgan fingerprint density at radius 3 is 2.75 bits per heavy atom. The number of aromatic nitrogens is 2. The van der Waals surface area contributed by atoms with Crippen molar-refractivity contribution < 1.29 is 14.3 Å². The van der Waals surface area contributed by atoms with Crippen LogP contribution in [0.2, 0.25) is 0 Å². The second kappa shape index (κ2) is 11.6. The van der Waals surface area contributed by atoms with Crippen LogP contribution in [-0.2, 0) is 11.3 Å². The van der Waals surface area contributed by atoms with E-state index in [1.807, 2.05) is 48.7 Å². The number of nitrogens with zero attached hydrogens (tertiary/aromatic N) is 3. The molecule has 0 saturated carbocycles. The van der Waals surface area contributed by atoms with E-state index in [1.165, 1.54) is 28.4 Å². The number of hydrogen-bond donors (Lipinski definition) is 1. The Morgan fingerprint density at radius 1 is 1.19 bits per heavy atom. The number of benzene rings is 2. The number of methoxy groups -OCH3 is 1. The maximum absolute atomic E-state index is 13.2. The van der Waals surface area contributed by atoms with Gasteiger partial charge in [0.05, 0.1) is 31.6 Å². The van der Waals surface area contributed by atoms with Gasteiger partial charge in [-0.1, -0.05) is 43.2 Å². The molecule has 0 aliphatic carbocycles. The van der Waals surface area contributed by atoms with Gasteiger partial charge in [-0.05, 0) is 42.7 Å². The summed E-state index contributed by atoms with van der Waals surface area (Å²) < 4.78 is 12.4. The highest BCUT2D eigenvalue weighted by Gasteiger charge is 2.14. The van der Waals surface area contributed by atoms with E-state index in [9.17, 15) is 9.59 Å². The Labute approximate surface area is 213 Å². The fourth-order valence-corrected chi connectivity index (χ4v) is 4.51. The lowest BCUT2D eigenvalue weighted by Gasteiger charge is -2.10. The van der Waals surface area contributed by atoms with Crippen molar-refractivity contribution in [2.75, 3.05) is 13.7 Å². The average Bonchev–Trinajstić information content (AvgIpc) is 3.32. The molecule has 0 spiro atoms. The first-order valence-corrected chi connectivity index (χ1v) is 12.5. The van der Waals surface area contributed by atoms with Crippen LogP contribution in [0.15, 0.2) is 64.1 Å². The maximum Gasteiger partial charge on any atom is 0.263 e. The summed E-state index contributed by atoms with van der Waals surface area (Å²) in [6.45, 7) is 4.54. The van der Waals surface area contributed by atoms with Crippen LogP contribution in [0.4, 0.5) is 0 Å². The van der Waals surface area contributed by atoms with Crippen molar-refractivity contribution in [2.45, 2.75) is 33.2 Å². The van der Waals surface area contributed by atoms with Gasteiger partial charge in [0.2, 0.25) is 0 Å². The zero-order valence-electron chi connectivity index (χ0n) is 20.5. The van der Waals surface area contributed by atoms with Crippen LogP contribution >= 0.6 is 11.3 Å². The zero-order valence-corrected chi connectivity index (χ0v) is 21.3. The standard InChI is InChI=1S/C27H28N4O4S/c1-4-5-12-35-22-11-8-19(13-23(22)34-3)14-29-30-24(32)15-31-17-28-26-25(27(31)33)21(16-36-26)20-9-6-18(2)7-10-20/h6-11,13-14,16-17H,4-5,12,15H2,1-3H3,(H,30,32)/b29-14+. The molecule has 0 aliphatic heterocycles. The second-order valence-corrected chi connectivity index (χ2v) is 9.14. The lowest BCUT2D eigenvalue weighted by molar-refractivity contribution is -0.121. The number of rotatable bonds is 10. The number of thiophene rings is 1. The summed E-state index contributed by atoms with van der Waals surface area (Å²) in [5, 5.41) is 6.45. The van der Waals surface area contributed by atoms with Crippen LogP contribution in [0.25, 0.3) is 21.3 Å². The summed E-state index contributed by atoms with van der Waals surface area (Å²) in [4.78, 5) is 30.7. The van der Waals surface area contributed by atoms with Crippen molar-refractivity contribution in [3.63, 3.8) is 0 Å². The Balaban J connectivity index is 1.45. The molecule has 0 atom stereocenters. The monoisotopic (exact) mass is 504 g/mol. The summed E-state index contributed by atoms with van der Waals surface area (Å²) in [5.74, 6) is 0.813. The van der Waals surface area contributed by atoms with Crippen molar-refractivity contribution in [2.24, 2.45) is 5.10 Å². The summed E-state index contributed by atoms with van der Waals surface area (Å²) in [5.41, 5.74) is 5.83. The first-order valence-electron chi connectivity index (χ1n) is 11.7. The van der Waals surface area contributed by atoms with Gasteiger partial charge in [0, 0.05) is 10.9 Å². The average molecular weight is 505 g/mol. The van der Waals surface area contributed by atoms with Gasteiger partial charge >= 0.3 is 0 Å². The molecule has 9 heteroatoms. The molecule has 0 bridgehead atoms. The van der Waals surface area contributed by atoms with Crippen molar-refractivity contribution >= 4 is 33.7 Å². The van der Waals surface area contributed by atoms with Crippen molar-refractivity contribution in [3.05, 3.63) is 75.7 Å². The lowest BCUT2D eigenvalue weighted by Crippen LogP contribution is -2.30. The molecular formula is C27H28N4O4S. The minimum atomic E-state index is -0.437. The van der Waals surface area contributed by atoms with Crippen LogP contribution in [0, 0.1) is 6.92 Å². The summed E-state index contributed by atoms with van der Waals surface area (Å²) in [6, 6.07) is 13.4. The molecule has 0 radical (unpaired) electrons. The maximum atomic E-state index is 13.2. The molecule has 8 nitrogen and oxygen atoms in total. The predicted molar refractivity (Wildman–Crippen MR) is 143 cm³/mol. The normalized spacial score (nSPS) is 11.2. The smallest absolute Gasteiger partial charge is 0.263 e. The van der Waals surface area contributed by atoms with Gasteiger partial charge in [-0.3, -0.25) is 14.2 Å². The Bertz CT molecular complexity index is 1440. The second-order valence-electron chi connectivity index (χ2n) is 8.28. The molecule has 4 rings (SSSR count).